The van der Waals surface area contributed by atoms with E-state index in [1.54, 1.807) is 31.4 Å². The van der Waals surface area contributed by atoms with E-state index in [1.165, 1.54) is 36.0 Å². The van der Waals surface area contributed by atoms with Gasteiger partial charge in [0.15, 0.2) is 5.17 Å². The number of carbonyl (C=O) groups excluding carboxylic acids is 2. The Kier molecular flexibility index (Phi) is 7.92. The number of rotatable bonds is 7. The summed E-state index contributed by atoms with van der Waals surface area (Å²) in [6.45, 7) is 0.443. The van der Waals surface area contributed by atoms with Gasteiger partial charge in [0, 0.05) is 18.0 Å². The Bertz CT molecular complexity index is 1290. The number of carboxylic acid groups (broad SMARTS) is 1. The van der Waals surface area contributed by atoms with Crippen molar-refractivity contribution in [2.24, 2.45) is 4.99 Å². The number of hydrogen-bond donors (Lipinski definition) is 2. The van der Waals surface area contributed by atoms with E-state index in [9.17, 15) is 14.4 Å². The van der Waals surface area contributed by atoms with Crippen LogP contribution in [0, 0.1) is 0 Å². The van der Waals surface area contributed by atoms with E-state index in [4.69, 9.17) is 21.4 Å². The molecule has 0 radical (unpaired) electrons. The molecule has 1 aliphatic heterocycles. The molecular formula is C26H22ClN3O5S. The van der Waals surface area contributed by atoms with Gasteiger partial charge in [0.2, 0.25) is 11.8 Å². The quantitative estimate of drug-likeness (QED) is 0.258. The van der Waals surface area contributed by atoms with Crippen molar-refractivity contribution in [3.8, 4) is 5.75 Å². The number of methoxy groups -OCH3 is 1. The third-order valence-corrected chi connectivity index (χ3v) is 6.76. The summed E-state index contributed by atoms with van der Waals surface area (Å²) in [5, 5.41) is 12.7. The topological polar surface area (TPSA) is 108 Å². The molecule has 1 heterocycles. The number of thioether (sulfide) groups is 1. The predicted molar refractivity (Wildman–Crippen MR) is 140 cm³/mol. The Morgan fingerprint density at radius 3 is 2.36 bits per heavy atom. The Hall–Kier alpha value is -3.82. The fourth-order valence-electron chi connectivity index (χ4n) is 3.52. The fraction of sp³-hybridized carbons (Fsp3) is 0.154. The fourth-order valence-corrected chi connectivity index (χ4v) is 4.66. The van der Waals surface area contributed by atoms with E-state index in [2.05, 4.69) is 10.3 Å². The molecule has 4 rings (SSSR count). The maximum absolute atomic E-state index is 13.2. The molecule has 36 heavy (non-hydrogen) atoms. The van der Waals surface area contributed by atoms with E-state index >= 15 is 0 Å². The van der Waals surface area contributed by atoms with Crippen LogP contribution in [0.1, 0.15) is 22.3 Å². The van der Waals surface area contributed by atoms with Crippen molar-refractivity contribution in [1.82, 2.24) is 5.32 Å². The monoisotopic (exact) mass is 523 g/mol. The predicted octanol–water partition coefficient (Wildman–Crippen LogP) is 4.89. The van der Waals surface area contributed by atoms with E-state index < -0.39 is 11.2 Å². The number of nitrogens with zero attached hydrogens (tertiary/aromatic N) is 2. The van der Waals surface area contributed by atoms with E-state index in [0.717, 1.165) is 16.2 Å². The van der Waals surface area contributed by atoms with Crippen LogP contribution in [0.3, 0.4) is 0 Å². The van der Waals surface area contributed by atoms with Crippen molar-refractivity contribution in [1.29, 1.82) is 0 Å². The number of amidine groups is 1. The van der Waals surface area contributed by atoms with Crippen molar-refractivity contribution < 1.29 is 24.2 Å². The van der Waals surface area contributed by atoms with Crippen LogP contribution in [-0.4, -0.2) is 40.4 Å². The highest BCUT2D eigenvalue weighted by Crippen LogP contribution is 2.31. The molecule has 10 heteroatoms. The number of benzene rings is 3. The minimum absolute atomic E-state index is 0.00592. The second-order valence-electron chi connectivity index (χ2n) is 7.83. The van der Waals surface area contributed by atoms with Gasteiger partial charge in [0.05, 0.1) is 24.0 Å². The van der Waals surface area contributed by atoms with Gasteiger partial charge in [-0.25, -0.2) is 14.7 Å². The lowest BCUT2D eigenvalue weighted by Gasteiger charge is -2.16. The Morgan fingerprint density at radius 1 is 1.08 bits per heavy atom. The lowest BCUT2D eigenvalue weighted by molar-refractivity contribution is -0.121. The Labute approximate surface area is 216 Å². The smallest absolute Gasteiger partial charge is 0.335 e. The van der Waals surface area contributed by atoms with Crippen molar-refractivity contribution in [3.05, 3.63) is 88.9 Å². The van der Waals surface area contributed by atoms with Crippen LogP contribution < -0.4 is 15.0 Å². The molecule has 2 amide bonds. The van der Waals surface area contributed by atoms with Crippen molar-refractivity contribution in [2.45, 2.75) is 18.2 Å². The average molecular weight is 524 g/mol. The number of halogens is 1. The van der Waals surface area contributed by atoms with Crippen molar-refractivity contribution in [2.75, 3.05) is 12.0 Å². The largest absolute Gasteiger partial charge is 0.497 e. The molecule has 1 fully saturated rings. The molecule has 1 aliphatic rings. The molecule has 0 bridgehead atoms. The first-order valence-corrected chi connectivity index (χ1v) is 12.2. The van der Waals surface area contributed by atoms with Gasteiger partial charge in [-0.15, -0.1) is 0 Å². The van der Waals surface area contributed by atoms with Gasteiger partial charge in [-0.05, 0) is 66.2 Å². The molecule has 3 aromatic rings. The highest BCUT2D eigenvalue weighted by atomic mass is 35.5. The molecule has 0 aliphatic carbocycles. The summed E-state index contributed by atoms with van der Waals surface area (Å²) in [7, 11) is 1.60. The third-order valence-electron chi connectivity index (χ3n) is 5.39. The van der Waals surface area contributed by atoms with Crippen molar-refractivity contribution in [3.63, 3.8) is 0 Å². The minimum atomic E-state index is -1.08. The van der Waals surface area contributed by atoms with Crippen molar-refractivity contribution >= 4 is 57.7 Å². The molecule has 0 spiro atoms. The first-order valence-electron chi connectivity index (χ1n) is 10.9. The van der Waals surface area contributed by atoms with E-state index in [-0.39, 0.29) is 23.8 Å². The summed E-state index contributed by atoms with van der Waals surface area (Å²) in [4.78, 5) is 42.7. The summed E-state index contributed by atoms with van der Waals surface area (Å²) in [6.07, 6.45) is -0.00592. The van der Waals surface area contributed by atoms with E-state index in [1.807, 2.05) is 24.3 Å². The Morgan fingerprint density at radius 2 is 1.75 bits per heavy atom. The van der Waals surface area contributed by atoms with Gasteiger partial charge < -0.3 is 15.2 Å². The van der Waals surface area contributed by atoms with Crippen LogP contribution in [0.25, 0.3) is 0 Å². The van der Waals surface area contributed by atoms with Crippen LogP contribution in [0.5, 0.6) is 5.75 Å². The molecule has 8 nitrogen and oxygen atoms in total. The number of hydrogen-bond acceptors (Lipinski definition) is 6. The molecule has 1 atom stereocenters. The number of nitrogens with one attached hydrogen (secondary N) is 1. The van der Waals surface area contributed by atoms with Gasteiger partial charge in [-0.3, -0.25) is 9.59 Å². The lowest BCUT2D eigenvalue weighted by Crippen LogP contribution is -2.32. The average Bonchev–Trinajstić information content (AvgIpc) is 3.16. The van der Waals surface area contributed by atoms with Crippen LogP contribution in [0.2, 0.25) is 5.02 Å². The summed E-state index contributed by atoms with van der Waals surface area (Å²) in [5.74, 6) is -1.08. The van der Waals surface area contributed by atoms with Gasteiger partial charge in [-0.2, -0.15) is 0 Å². The number of aromatic carboxylic acids is 1. The second kappa shape index (κ2) is 11.3. The third kappa shape index (κ3) is 6.05. The number of amides is 2. The van der Waals surface area contributed by atoms with Gasteiger partial charge in [-0.1, -0.05) is 35.5 Å². The number of aliphatic imine (C=N–C) groups is 1. The standard InChI is InChI=1S/C26H22ClN3O5S/c1-35-21-12-2-16(3-13-21)15-28-26(29-19-8-6-18(27)7-9-19)36-22-14-23(31)30(24(22)32)20-10-4-17(5-11-20)25(33)34/h2-13,22H,14-15H2,1H3,(H,28,29)(H,33,34). The SMILES string of the molecule is COc1ccc(CN/C(=N/c2ccc(Cl)cc2)SC2CC(=O)N(c3ccc(C(=O)O)cc3)C2=O)cc1. The number of imide groups is 1. The van der Waals surface area contributed by atoms with E-state index in [0.29, 0.717) is 28.1 Å². The number of anilines is 1. The normalized spacial score (nSPS) is 15.8. The summed E-state index contributed by atoms with van der Waals surface area (Å²) < 4.78 is 5.20. The highest BCUT2D eigenvalue weighted by molar-refractivity contribution is 8.15. The molecule has 1 unspecified atom stereocenters. The zero-order valence-electron chi connectivity index (χ0n) is 19.2. The molecule has 1 saturated heterocycles. The Balaban J connectivity index is 1.53. The van der Waals surface area contributed by atoms with Gasteiger partial charge in [0.25, 0.3) is 0 Å². The summed E-state index contributed by atoms with van der Waals surface area (Å²) in [6, 6.07) is 20.1. The van der Waals surface area contributed by atoms with Gasteiger partial charge in [0.1, 0.15) is 11.0 Å². The molecule has 2 N–H and O–H groups in total. The van der Waals surface area contributed by atoms with Crippen LogP contribution in [0.15, 0.2) is 77.8 Å². The maximum atomic E-state index is 13.2. The molecule has 184 valence electrons. The number of carbonyl (C=O) groups is 3. The van der Waals surface area contributed by atoms with Crippen LogP contribution in [0.4, 0.5) is 11.4 Å². The molecule has 0 aromatic heterocycles. The van der Waals surface area contributed by atoms with Gasteiger partial charge >= 0.3 is 5.97 Å². The highest BCUT2D eigenvalue weighted by Gasteiger charge is 2.40. The molecule has 3 aromatic carbocycles. The van der Waals surface area contributed by atoms with Crippen LogP contribution in [-0.2, 0) is 16.1 Å². The first-order chi connectivity index (χ1) is 17.3. The van der Waals surface area contributed by atoms with Crippen LogP contribution >= 0.6 is 23.4 Å². The lowest BCUT2D eigenvalue weighted by atomic mass is 10.2. The zero-order valence-corrected chi connectivity index (χ0v) is 20.8. The number of carboxylic acids is 1. The summed E-state index contributed by atoms with van der Waals surface area (Å²) in [5.41, 5.74) is 2.03. The summed E-state index contributed by atoms with van der Waals surface area (Å²) >= 11 is 7.16. The molecular weight excluding hydrogens is 502 g/mol. The number of ether oxygens (including phenoxy) is 1. The maximum Gasteiger partial charge on any atom is 0.335 e. The zero-order chi connectivity index (χ0) is 25.7. The second-order valence-corrected chi connectivity index (χ2v) is 9.45. The first kappa shape index (κ1) is 25.3. The minimum Gasteiger partial charge on any atom is -0.497 e. The molecule has 0 saturated carbocycles.